The smallest absolute Gasteiger partial charge is 0.0897 e. The maximum atomic E-state index is 6.48. The number of thiazole rings is 1. The van der Waals surface area contributed by atoms with Crippen molar-refractivity contribution in [3.8, 4) is 0 Å². The van der Waals surface area contributed by atoms with E-state index in [1.54, 1.807) is 11.3 Å². The number of hydrogen-bond donors (Lipinski definition) is 1. The van der Waals surface area contributed by atoms with Gasteiger partial charge in [-0.05, 0) is 24.9 Å². The first-order valence-electron chi connectivity index (χ1n) is 7.28. The zero-order valence-corrected chi connectivity index (χ0v) is 14.2. The minimum atomic E-state index is 0.00116. The zero-order valence-electron chi connectivity index (χ0n) is 13.3. The Hall–Kier alpha value is -1.23. The van der Waals surface area contributed by atoms with Gasteiger partial charge in [-0.1, -0.05) is 44.2 Å². The van der Waals surface area contributed by atoms with Crippen molar-refractivity contribution in [2.24, 2.45) is 11.1 Å². The highest BCUT2D eigenvalue weighted by molar-refractivity contribution is 7.09. The molecule has 1 heterocycles. The number of nitrogens with two attached hydrogens (primary N) is 1. The van der Waals surface area contributed by atoms with E-state index in [2.05, 4.69) is 48.3 Å². The van der Waals surface area contributed by atoms with E-state index in [1.807, 2.05) is 25.1 Å². The van der Waals surface area contributed by atoms with Crippen LogP contribution in [0, 0.1) is 12.3 Å². The molecule has 0 radical (unpaired) electrons. The normalized spacial score (nSPS) is 13.6. The van der Waals surface area contributed by atoms with Crippen LogP contribution in [0.4, 0.5) is 0 Å². The Morgan fingerprint density at radius 3 is 2.52 bits per heavy atom. The van der Waals surface area contributed by atoms with E-state index >= 15 is 0 Å². The number of aryl methyl sites for hydroxylation is 1. The third-order valence-electron chi connectivity index (χ3n) is 3.78. The first-order chi connectivity index (χ1) is 9.88. The van der Waals surface area contributed by atoms with Gasteiger partial charge in [-0.15, -0.1) is 11.3 Å². The van der Waals surface area contributed by atoms with Gasteiger partial charge in [-0.3, -0.25) is 4.90 Å². The van der Waals surface area contributed by atoms with Gasteiger partial charge in [0, 0.05) is 24.5 Å². The van der Waals surface area contributed by atoms with Crippen molar-refractivity contribution in [2.45, 2.75) is 33.4 Å². The molecule has 0 bridgehead atoms. The van der Waals surface area contributed by atoms with Crippen LogP contribution in [0.2, 0.25) is 0 Å². The molecule has 0 saturated carbocycles. The highest BCUT2D eigenvalue weighted by Crippen LogP contribution is 2.32. The van der Waals surface area contributed by atoms with Crippen molar-refractivity contribution in [2.75, 3.05) is 13.6 Å². The van der Waals surface area contributed by atoms with E-state index in [4.69, 9.17) is 5.73 Å². The molecule has 0 amide bonds. The number of benzene rings is 1. The summed E-state index contributed by atoms with van der Waals surface area (Å²) in [5, 5.41) is 3.26. The van der Waals surface area contributed by atoms with Crippen molar-refractivity contribution < 1.29 is 0 Å². The molecule has 2 rings (SSSR count). The van der Waals surface area contributed by atoms with Crippen molar-refractivity contribution in [1.82, 2.24) is 9.88 Å². The lowest BCUT2D eigenvalue weighted by Crippen LogP contribution is -2.39. The summed E-state index contributed by atoms with van der Waals surface area (Å²) in [4.78, 5) is 6.83. The predicted molar refractivity (Wildman–Crippen MR) is 90.3 cm³/mol. The summed E-state index contributed by atoms with van der Waals surface area (Å²) in [6.45, 7) is 8.30. The summed E-state index contributed by atoms with van der Waals surface area (Å²) in [7, 11) is 2.13. The first-order valence-corrected chi connectivity index (χ1v) is 8.16. The lowest BCUT2D eigenvalue weighted by atomic mass is 9.80. The maximum Gasteiger partial charge on any atom is 0.0897 e. The SMILES string of the molecule is Cc1nc(CN(C)CC(C)(C)C(N)c2ccccc2)cs1. The zero-order chi connectivity index (χ0) is 15.5. The van der Waals surface area contributed by atoms with Gasteiger partial charge in [-0.25, -0.2) is 4.98 Å². The second-order valence-corrected chi connectivity index (χ2v) is 7.47. The third kappa shape index (κ3) is 4.37. The maximum absolute atomic E-state index is 6.48. The largest absolute Gasteiger partial charge is 0.323 e. The van der Waals surface area contributed by atoms with E-state index in [-0.39, 0.29) is 11.5 Å². The topological polar surface area (TPSA) is 42.2 Å². The van der Waals surface area contributed by atoms with E-state index in [0.717, 1.165) is 23.8 Å². The molecule has 0 saturated heterocycles. The standard InChI is InChI=1S/C17H25N3S/c1-13-19-15(11-21-13)10-20(4)12-17(2,3)16(18)14-8-6-5-7-9-14/h5-9,11,16H,10,12,18H2,1-4H3. The Balaban J connectivity index is 1.99. The summed E-state index contributed by atoms with van der Waals surface area (Å²) in [5.41, 5.74) is 8.82. The molecule has 0 fully saturated rings. The van der Waals surface area contributed by atoms with E-state index in [1.165, 1.54) is 5.56 Å². The molecule has 0 spiro atoms. The van der Waals surface area contributed by atoms with Crippen molar-refractivity contribution in [3.63, 3.8) is 0 Å². The number of rotatable bonds is 6. The van der Waals surface area contributed by atoms with E-state index in [0.29, 0.717) is 0 Å². The number of hydrogen-bond acceptors (Lipinski definition) is 4. The summed E-state index contributed by atoms with van der Waals surface area (Å²) < 4.78 is 0. The Morgan fingerprint density at radius 1 is 1.29 bits per heavy atom. The van der Waals surface area contributed by atoms with Crippen LogP contribution in [0.3, 0.4) is 0 Å². The van der Waals surface area contributed by atoms with E-state index in [9.17, 15) is 0 Å². The molecule has 1 aromatic carbocycles. The Bertz CT molecular complexity index is 562. The molecule has 1 atom stereocenters. The first kappa shape index (κ1) is 16.1. The fraction of sp³-hybridized carbons (Fsp3) is 0.471. The van der Waals surface area contributed by atoms with E-state index < -0.39 is 0 Å². The van der Waals surface area contributed by atoms with Crippen LogP contribution in [-0.2, 0) is 6.54 Å². The van der Waals surface area contributed by atoms with Gasteiger partial charge in [-0.2, -0.15) is 0 Å². The van der Waals surface area contributed by atoms with Crippen molar-refractivity contribution in [1.29, 1.82) is 0 Å². The van der Waals surface area contributed by atoms with Crippen LogP contribution in [0.5, 0.6) is 0 Å². The lowest BCUT2D eigenvalue weighted by molar-refractivity contribution is 0.171. The van der Waals surface area contributed by atoms with Crippen LogP contribution in [0.1, 0.15) is 36.2 Å². The molecule has 1 unspecified atom stereocenters. The summed E-state index contributed by atoms with van der Waals surface area (Å²) in [6.07, 6.45) is 0. The molecule has 0 aliphatic heterocycles. The fourth-order valence-electron chi connectivity index (χ4n) is 2.72. The fourth-order valence-corrected chi connectivity index (χ4v) is 3.32. The molecule has 0 aliphatic carbocycles. The van der Waals surface area contributed by atoms with Gasteiger partial charge < -0.3 is 5.73 Å². The van der Waals surface area contributed by atoms with Crippen LogP contribution < -0.4 is 5.73 Å². The molecular weight excluding hydrogens is 278 g/mol. The summed E-state index contributed by atoms with van der Waals surface area (Å²) >= 11 is 1.71. The lowest BCUT2D eigenvalue weighted by Gasteiger charge is -2.35. The van der Waals surface area contributed by atoms with Gasteiger partial charge >= 0.3 is 0 Å². The van der Waals surface area contributed by atoms with Gasteiger partial charge in [0.05, 0.1) is 10.7 Å². The minimum Gasteiger partial charge on any atom is -0.323 e. The number of nitrogens with zero attached hydrogens (tertiary/aromatic N) is 2. The Morgan fingerprint density at radius 2 is 1.95 bits per heavy atom. The van der Waals surface area contributed by atoms with Gasteiger partial charge in [0.15, 0.2) is 0 Å². The number of aromatic nitrogens is 1. The predicted octanol–water partition coefficient (Wildman–Crippen LogP) is 3.61. The average molecular weight is 303 g/mol. The Labute approximate surface area is 131 Å². The molecule has 4 heteroatoms. The average Bonchev–Trinajstić information content (AvgIpc) is 2.83. The molecule has 0 aliphatic rings. The highest BCUT2D eigenvalue weighted by Gasteiger charge is 2.29. The van der Waals surface area contributed by atoms with Crippen LogP contribution in [0.15, 0.2) is 35.7 Å². The molecular formula is C17H25N3S. The Kier molecular flexibility index (Phi) is 5.14. The molecule has 21 heavy (non-hydrogen) atoms. The van der Waals surface area contributed by atoms with Gasteiger partial charge in [0.25, 0.3) is 0 Å². The minimum absolute atomic E-state index is 0.00116. The molecule has 2 N–H and O–H groups in total. The second kappa shape index (κ2) is 6.69. The van der Waals surface area contributed by atoms with Crippen LogP contribution in [0.25, 0.3) is 0 Å². The van der Waals surface area contributed by atoms with Gasteiger partial charge in [0.1, 0.15) is 0 Å². The van der Waals surface area contributed by atoms with Crippen LogP contribution >= 0.6 is 11.3 Å². The second-order valence-electron chi connectivity index (χ2n) is 6.41. The van der Waals surface area contributed by atoms with Crippen LogP contribution in [-0.4, -0.2) is 23.5 Å². The third-order valence-corrected chi connectivity index (χ3v) is 4.60. The molecule has 1 aromatic heterocycles. The molecule has 2 aromatic rings. The highest BCUT2D eigenvalue weighted by atomic mass is 32.1. The molecule has 3 nitrogen and oxygen atoms in total. The quantitative estimate of drug-likeness (QED) is 0.886. The summed E-state index contributed by atoms with van der Waals surface area (Å²) in [6, 6.07) is 10.4. The van der Waals surface area contributed by atoms with Crippen molar-refractivity contribution in [3.05, 3.63) is 52.0 Å². The molecule has 114 valence electrons. The monoisotopic (exact) mass is 303 g/mol. The summed E-state index contributed by atoms with van der Waals surface area (Å²) in [5.74, 6) is 0. The van der Waals surface area contributed by atoms with Gasteiger partial charge in [0.2, 0.25) is 0 Å². The van der Waals surface area contributed by atoms with Crippen molar-refractivity contribution >= 4 is 11.3 Å².